The third-order valence-electron chi connectivity index (χ3n) is 5.70. The van der Waals surface area contributed by atoms with Gasteiger partial charge in [0.2, 0.25) is 0 Å². The molecule has 1 amide bonds. The molecule has 2 aromatic rings. The van der Waals surface area contributed by atoms with Crippen molar-refractivity contribution < 1.29 is 9.90 Å². The second-order valence-electron chi connectivity index (χ2n) is 8.87. The number of nitrogens with one attached hydrogen (secondary N) is 1. The highest BCUT2D eigenvalue weighted by molar-refractivity contribution is 5.97. The molecule has 0 fully saturated rings. The first-order valence-electron chi connectivity index (χ1n) is 10.2. The summed E-state index contributed by atoms with van der Waals surface area (Å²) in [5.74, 6) is -0.0509. The number of nitrogens with zero attached hydrogens (tertiary/aromatic N) is 2. The Morgan fingerprint density at radius 3 is 2.66 bits per heavy atom. The number of aromatic hydroxyl groups is 1. The van der Waals surface area contributed by atoms with Crippen molar-refractivity contribution in [2.75, 3.05) is 4.90 Å². The van der Waals surface area contributed by atoms with Crippen LogP contribution in [-0.2, 0) is 0 Å². The molecule has 2 aromatic carbocycles. The Balaban J connectivity index is 1.87. The maximum atomic E-state index is 12.2. The zero-order valence-corrected chi connectivity index (χ0v) is 18.2. The van der Waals surface area contributed by atoms with Gasteiger partial charge in [0.15, 0.2) is 0 Å². The van der Waals surface area contributed by atoms with Gasteiger partial charge in [0, 0.05) is 17.3 Å². The normalized spacial score (nSPS) is 18.2. The third kappa shape index (κ3) is 4.14. The van der Waals surface area contributed by atoms with Gasteiger partial charge < -0.3 is 10.0 Å². The lowest BCUT2D eigenvalue weighted by Gasteiger charge is -2.50. The van der Waals surface area contributed by atoms with Crippen molar-refractivity contribution in [1.82, 2.24) is 5.43 Å². The minimum absolute atomic E-state index is 0.0598. The van der Waals surface area contributed by atoms with Crippen LogP contribution in [0.2, 0.25) is 0 Å². The zero-order chi connectivity index (χ0) is 21.3. The minimum atomic E-state index is -0.434. The molecule has 29 heavy (non-hydrogen) atoms. The first kappa shape index (κ1) is 20.9. The summed E-state index contributed by atoms with van der Waals surface area (Å²) in [6, 6.07) is 11.3. The number of aryl methyl sites for hydroxylation is 1. The van der Waals surface area contributed by atoms with E-state index in [2.05, 4.69) is 69.1 Å². The molecule has 1 aliphatic heterocycles. The SMILES string of the molecule is Cc1cc2c(cc1/C=N\NC(=O)c1ccccc1O)C(C)CC(C)(C)N2C(C)C. The van der Waals surface area contributed by atoms with Crippen LogP contribution >= 0.6 is 0 Å². The van der Waals surface area contributed by atoms with Gasteiger partial charge >= 0.3 is 0 Å². The second kappa shape index (κ2) is 7.90. The lowest BCUT2D eigenvalue weighted by atomic mass is 9.78. The number of carbonyl (C=O) groups is 1. The topological polar surface area (TPSA) is 64.9 Å². The standard InChI is InChI=1S/C24H31N3O2/c1-15(2)27-21-11-16(3)18(12-20(21)17(4)13-24(27,5)6)14-25-26-23(29)19-9-7-8-10-22(19)28/h7-12,14-15,17,28H,13H2,1-6H3,(H,26,29)/b25-14-. The predicted molar refractivity (Wildman–Crippen MR) is 119 cm³/mol. The molecule has 0 spiro atoms. The Labute approximate surface area is 173 Å². The van der Waals surface area contributed by atoms with E-state index < -0.39 is 5.91 Å². The van der Waals surface area contributed by atoms with E-state index in [-0.39, 0.29) is 16.9 Å². The van der Waals surface area contributed by atoms with Crippen molar-refractivity contribution in [2.45, 2.75) is 65.5 Å². The summed E-state index contributed by atoms with van der Waals surface area (Å²) in [6.07, 6.45) is 2.77. The number of para-hydroxylation sites is 1. The molecule has 1 unspecified atom stereocenters. The van der Waals surface area contributed by atoms with Crippen molar-refractivity contribution >= 4 is 17.8 Å². The molecule has 0 aromatic heterocycles. The van der Waals surface area contributed by atoms with Crippen molar-refractivity contribution in [3.8, 4) is 5.75 Å². The van der Waals surface area contributed by atoms with Crippen LogP contribution < -0.4 is 10.3 Å². The smallest absolute Gasteiger partial charge is 0.275 e. The van der Waals surface area contributed by atoms with E-state index in [1.54, 1.807) is 24.4 Å². The van der Waals surface area contributed by atoms with Crippen LogP contribution in [0.3, 0.4) is 0 Å². The van der Waals surface area contributed by atoms with Crippen LogP contribution in [-0.4, -0.2) is 28.8 Å². The summed E-state index contributed by atoms with van der Waals surface area (Å²) in [6.45, 7) is 13.4. The van der Waals surface area contributed by atoms with Gasteiger partial charge in [0.1, 0.15) is 5.75 Å². The number of fused-ring (bicyclic) bond motifs is 1. The fourth-order valence-corrected chi connectivity index (χ4v) is 4.62. The van der Waals surface area contributed by atoms with E-state index in [9.17, 15) is 9.90 Å². The molecular weight excluding hydrogens is 362 g/mol. The number of hydrazone groups is 1. The number of benzene rings is 2. The van der Waals surface area contributed by atoms with E-state index in [1.165, 1.54) is 17.3 Å². The van der Waals surface area contributed by atoms with Gasteiger partial charge in [-0.25, -0.2) is 5.43 Å². The Morgan fingerprint density at radius 1 is 1.31 bits per heavy atom. The molecule has 1 aliphatic rings. The van der Waals surface area contributed by atoms with Gasteiger partial charge in [-0.2, -0.15) is 5.10 Å². The number of hydrogen-bond donors (Lipinski definition) is 2. The summed E-state index contributed by atoms with van der Waals surface area (Å²) < 4.78 is 0. The fourth-order valence-electron chi connectivity index (χ4n) is 4.62. The average molecular weight is 394 g/mol. The summed E-state index contributed by atoms with van der Waals surface area (Å²) in [5.41, 5.74) is 7.52. The minimum Gasteiger partial charge on any atom is -0.507 e. The number of amides is 1. The lowest BCUT2D eigenvalue weighted by Crippen LogP contribution is -2.51. The van der Waals surface area contributed by atoms with Crippen LogP contribution in [0.1, 0.15) is 74.0 Å². The maximum absolute atomic E-state index is 12.2. The molecule has 5 heteroatoms. The van der Waals surface area contributed by atoms with Crippen molar-refractivity contribution in [2.24, 2.45) is 5.10 Å². The highest BCUT2D eigenvalue weighted by Gasteiger charge is 2.37. The van der Waals surface area contributed by atoms with Crippen LogP contribution in [0.5, 0.6) is 5.75 Å². The van der Waals surface area contributed by atoms with Gasteiger partial charge in [-0.3, -0.25) is 4.79 Å². The van der Waals surface area contributed by atoms with Gasteiger partial charge in [-0.05, 0) is 87.9 Å². The molecule has 0 saturated carbocycles. The van der Waals surface area contributed by atoms with Crippen molar-refractivity contribution in [3.63, 3.8) is 0 Å². The summed E-state index contributed by atoms with van der Waals surface area (Å²) >= 11 is 0. The van der Waals surface area contributed by atoms with E-state index in [0.29, 0.717) is 12.0 Å². The summed E-state index contributed by atoms with van der Waals surface area (Å²) in [5, 5.41) is 13.9. The molecule has 1 heterocycles. The Bertz CT molecular complexity index is 947. The van der Waals surface area contributed by atoms with Gasteiger partial charge in [-0.1, -0.05) is 19.1 Å². The second-order valence-corrected chi connectivity index (χ2v) is 8.87. The van der Waals surface area contributed by atoms with Crippen LogP contribution in [0.15, 0.2) is 41.5 Å². The molecule has 0 saturated heterocycles. The van der Waals surface area contributed by atoms with Gasteiger partial charge in [0.25, 0.3) is 5.91 Å². The Kier molecular flexibility index (Phi) is 5.69. The number of anilines is 1. The first-order valence-corrected chi connectivity index (χ1v) is 10.2. The molecule has 0 aliphatic carbocycles. The van der Waals surface area contributed by atoms with Crippen LogP contribution in [0, 0.1) is 6.92 Å². The van der Waals surface area contributed by atoms with Crippen LogP contribution in [0.4, 0.5) is 5.69 Å². The quantitative estimate of drug-likeness (QED) is 0.570. The van der Waals surface area contributed by atoms with E-state index in [0.717, 1.165) is 17.5 Å². The predicted octanol–water partition coefficient (Wildman–Crippen LogP) is 4.97. The van der Waals surface area contributed by atoms with E-state index in [4.69, 9.17) is 0 Å². The van der Waals surface area contributed by atoms with Gasteiger partial charge in [0.05, 0.1) is 11.8 Å². The summed E-state index contributed by atoms with van der Waals surface area (Å²) in [4.78, 5) is 14.7. The molecule has 0 bridgehead atoms. The molecule has 2 N–H and O–H groups in total. The highest BCUT2D eigenvalue weighted by Crippen LogP contribution is 2.45. The Morgan fingerprint density at radius 2 is 2.00 bits per heavy atom. The van der Waals surface area contributed by atoms with Crippen molar-refractivity contribution in [3.05, 3.63) is 58.7 Å². The number of carbonyl (C=O) groups excluding carboxylic acids is 1. The van der Waals surface area contributed by atoms with Gasteiger partial charge in [-0.15, -0.1) is 0 Å². The largest absolute Gasteiger partial charge is 0.507 e. The molecule has 5 nitrogen and oxygen atoms in total. The monoisotopic (exact) mass is 393 g/mol. The number of phenolic OH excluding ortho intramolecular Hbond substituents is 1. The molecule has 1 atom stereocenters. The lowest BCUT2D eigenvalue weighted by molar-refractivity contribution is 0.0952. The molecule has 154 valence electrons. The van der Waals surface area contributed by atoms with E-state index >= 15 is 0 Å². The molecular formula is C24H31N3O2. The molecule has 3 rings (SSSR count). The fraction of sp³-hybridized carbons (Fsp3) is 0.417. The zero-order valence-electron chi connectivity index (χ0n) is 18.2. The Hall–Kier alpha value is -2.82. The van der Waals surface area contributed by atoms with Crippen LogP contribution in [0.25, 0.3) is 0 Å². The highest BCUT2D eigenvalue weighted by atomic mass is 16.3. The average Bonchev–Trinajstić information content (AvgIpc) is 2.61. The van der Waals surface area contributed by atoms with Crippen molar-refractivity contribution in [1.29, 1.82) is 0 Å². The first-order chi connectivity index (χ1) is 13.6. The number of hydrogen-bond acceptors (Lipinski definition) is 4. The number of rotatable bonds is 4. The maximum Gasteiger partial charge on any atom is 0.275 e. The molecule has 0 radical (unpaired) electrons. The number of phenols is 1. The third-order valence-corrected chi connectivity index (χ3v) is 5.70. The van der Waals surface area contributed by atoms with E-state index in [1.807, 2.05) is 0 Å². The summed E-state index contributed by atoms with van der Waals surface area (Å²) in [7, 11) is 0.